The molecule has 2 aromatic rings. The maximum absolute atomic E-state index is 13.2. The van der Waals surface area contributed by atoms with Gasteiger partial charge >= 0.3 is 6.03 Å². The molecule has 1 saturated heterocycles. The monoisotopic (exact) mass is 477 g/mol. The Labute approximate surface area is 182 Å². The third-order valence-electron chi connectivity index (χ3n) is 5.13. The van der Waals surface area contributed by atoms with Crippen molar-refractivity contribution in [1.82, 2.24) is 15.1 Å². The lowest BCUT2D eigenvalue weighted by Gasteiger charge is -2.26. The van der Waals surface area contributed by atoms with E-state index in [1.807, 2.05) is 31.2 Å². The van der Waals surface area contributed by atoms with Gasteiger partial charge in [0.05, 0.1) is 0 Å². The summed E-state index contributed by atoms with van der Waals surface area (Å²) < 4.78 is 0.891. The molecular weight excluding hydrogens is 458 g/mol. The van der Waals surface area contributed by atoms with Crippen LogP contribution in [-0.2, 0) is 21.7 Å². The van der Waals surface area contributed by atoms with Crippen molar-refractivity contribution >= 4 is 45.4 Å². The van der Waals surface area contributed by atoms with Gasteiger partial charge in [-0.05, 0) is 35.7 Å². The summed E-state index contributed by atoms with van der Waals surface area (Å²) in [6.07, 6.45) is 0.358. The van der Waals surface area contributed by atoms with Crippen molar-refractivity contribution in [2.45, 2.75) is 25.4 Å². The number of hydrogen-bond acceptors (Lipinski definition) is 3. The van der Waals surface area contributed by atoms with Crippen LogP contribution in [0.5, 0.6) is 0 Å². The maximum Gasteiger partial charge on any atom is 0.325 e. The fourth-order valence-electron chi connectivity index (χ4n) is 3.37. The summed E-state index contributed by atoms with van der Waals surface area (Å²) in [5.41, 5.74) is 0.382. The molecule has 0 saturated carbocycles. The molecule has 0 radical (unpaired) electrons. The Morgan fingerprint density at radius 1 is 1.17 bits per heavy atom. The van der Waals surface area contributed by atoms with Gasteiger partial charge in [0.1, 0.15) is 12.1 Å². The minimum Gasteiger partial charge on any atom is -0.340 e. The first-order valence-corrected chi connectivity index (χ1v) is 10.3. The first kappa shape index (κ1) is 21.3. The SMILES string of the molecule is CCC1(c2ccc(Cl)cc2)NC(=O)N(CC(=O)N(C)Cc2ccccc2Br)C1=O. The fourth-order valence-corrected chi connectivity index (χ4v) is 3.91. The summed E-state index contributed by atoms with van der Waals surface area (Å²) in [7, 11) is 1.65. The lowest BCUT2D eigenvalue weighted by molar-refractivity contribution is -0.138. The molecule has 2 aromatic carbocycles. The average Bonchev–Trinajstić information content (AvgIpc) is 2.95. The van der Waals surface area contributed by atoms with E-state index < -0.39 is 17.5 Å². The Morgan fingerprint density at radius 3 is 2.45 bits per heavy atom. The largest absolute Gasteiger partial charge is 0.340 e. The molecule has 152 valence electrons. The lowest BCUT2D eigenvalue weighted by Crippen LogP contribution is -2.45. The van der Waals surface area contributed by atoms with Gasteiger partial charge in [-0.15, -0.1) is 0 Å². The third kappa shape index (κ3) is 4.16. The molecule has 29 heavy (non-hydrogen) atoms. The van der Waals surface area contributed by atoms with Gasteiger partial charge in [0, 0.05) is 23.1 Å². The van der Waals surface area contributed by atoms with E-state index in [-0.39, 0.29) is 12.5 Å². The van der Waals surface area contributed by atoms with Gasteiger partial charge in [-0.25, -0.2) is 4.79 Å². The summed E-state index contributed by atoms with van der Waals surface area (Å²) in [5, 5.41) is 3.31. The molecule has 1 unspecified atom stereocenters. The summed E-state index contributed by atoms with van der Waals surface area (Å²) in [6.45, 7) is 1.86. The zero-order valence-corrected chi connectivity index (χ0v) is 18.5. The van der Waals surface area contributed by atoms with Crippen molar-refractivity contribution in [1.29, 1.82) is 0 Å². The molecule has 1 fully saturated rings. The number of nitrogens with zero attached hydrogens (tertiary/aromatic N) is 2. The van der Waals surface area contributed by atoms with E-state index in [2.05, 4.69) is 21.2 Å². The van der Waals surface area contributed by atoms with Crippen molar-refractivity contribution in [2.75, 3.05) is 13.6 Å². The molecule has 6 nitrogen and oxygen atoms in total. The van der Waals surface area contributed by atoms with Crippen molar-refractivity contribution in [3.63, 3.8) is 0 Å². The second-order valence-electron chi connectivity index (χ2n) is 6.93. The highest BCUT2D eigenvalue weighted by Crippen LogP contribution is 2.33. The number of hydrogen-bond donors (Lipinski definition) is 1. The smallest absolute Gasteiger partial charge is 0.325 e. The summed E-state index contributed by atoms with van der Waals surface area (Å²) in [6, 6.07) is 13.8. The maximum atomic E-state index is 13.2. The normalized spacial score (nSPS) is 18.7. The number of nitrogens with one attached hydrogen (secondary N) is 1. The van der Waals surface area contributed by atoms with Gasteiger partial charge in [0.25, 0.3) is 5.91 Å². The average molecular weight is 479 g/mol. The van der Waals surface area contributed by atoms with Crippen LogP contribution in [-0.4, -0.2) is 41.2 Å². The highest BCUT2D eigenvalue weighted by molar-refractivity contribution is 9.10. The van der Waals surface area contributed by atoms with Gasteiger partial charge < -0.3 is 10.2 Å². The van der Waals surface area contributed by atoms with E-state index in [9.17, 15) is 14.4 Å². The first-order valence-electron chi connectivity index (χ1n) is 9.16. The van der Waals surface area contributed by atoms with Crippen LogP contribution in [0.15, 0.2) is 53.0 Å². The molecule has 4 amide bonds. The quantitative estimate of drug-likeness (QED) is 0.640. The molecule has 0 spiro atoms. The molecule has 1 N–H and O–H groups in total. The van der Waals surface area contributed by atoms with Crippen LogP contribution in [0.4, 0.5) is 4.79 Å². The van der Waals surface area contributed by atoms with E-state index in [4.69, 9.17) is 11.6 Å². The predicted molar refractivity (Wildman–Crippen MR) is 114 cm³/mol. The molecule has 8 heteroatoms. The molecule has 1 aliphatic rings. The number of urea groups is 1. The Hall–Kier alpha value is -2.38. The predicted octanol–water partition coefficient (Wildman–Crippen LogP) is 3.92. The van der Waals surface area contributed by atoms with Crippen molar-refractivity contribution in [3.05, 3.63) is 69.2 Å². The van der Waals surface area contributed by atoms with E-state index in [1.54, 1.807) is 31.3 Å². The molecule has 1 aliphatic heterocycles. The van der Waals surface area contributed by atoms with Gasteiger partial charge in [-0.2, -0.15) is 0 Å². The fraction of sp³-hybridized carbons (Fsp3) is 0.286. The molecular formula is C21H21BrClN3O3. The standard InChI is InChI=1S/C21H21BrClN3O3/c1-3-21(15-8-10-16(23)11-9-15)19(28)26(20(29)24-21)13-18(27)25(2)12-14-6-4-5-7-17(14)22/h4-11H,3,12-13H2,1-2H3,(H,24,29). The van der Waals surface area contributed by atoms with Crippen molar-refractivity contribution in [3.8, 4) is 0 Å². The lowest BCUT2D eigenvalue weighted by atomic mass is 9.87. The molecule has 0 aromatic heterocycles. The zero-order valence-electron chi connectivity index (χ0n) is 16.1. The minimum absolute atomic E-state index is 0.318. The summed E-state index contributed by atoms with van der Waals surface area (Å²) >= 11 is 9.41. The van der Waals surface area contributed by atoms with Crippen LogP contribution in [0.25, 0.3) is 0 Å². The Bertz CT molecular complexity index is 950. The Morgan fingerprint density at radius 2 is 1.83 bits per heavy atom. The molecule has 0 bridgehead atoms. The number of amides is 4. The molecule has 1 atom stereocenters. The highest BCUT2D eigenvalue weighted by Gasteiger charge is 2.51. The number of carbonyl (C=O) groups excluding carboxylic acids is 3. The number of benzene rings is 2. The molecule has 0 aliphatic carbocycles. The van der Waals surface area contributed by atoms with Gasteiger partial charge in [-0.1, -0.05) is 64.8 Å². The van der Waals surface area contributed by atoms with Gasteiger partial charge in [0.2, 0.25) is 5.91 Å². The second kappa shape index (κ2) is 8.55. The van der Waals surface area contributed by atoms with Crippen LogP contribution in [0, 0.1) is 0 Å². The van der Waals surface area contributed by atoms with E-state index in [0.717, 1.165) is 14.9 Å². The number of halogens is 2. The Kier molecular flexibility index (Phi) is 6.29. The number of imide groups is 1. The van der Waals surface area contributed by atoms with E-state index in [1.165, 1.54) is 4.90 Å². The minimum atomic E-state index is -1.19. The van der Waals surface area contributed by atoms with Gasteiger partial charge in [0.15, 0.2) is 0 Å². The molecule has 3 rings (SSSR count). The van der Waals surface area contributed by atoms with Crippen LogP contribution in [0.3, 0.4) is 0 Å². The van der Waals surface area contributed by atoms with Crippen molar-refractivity contribution < 1.29 is 14.4 Å². The van der Waals surface area contributed by atoms with E-state index in [0.29, 0.717) is 23.6 Å². The summed E-state index contributed by atoms with van der Waals surface area (Å²) in [4.78, 5) is 40.9. The second-order valence-corrected chi connectivity index (χ2v) is 8.22. The van der Waals surface area contributed by atoms with E-state index >= 15 is 0 Å². The topological polar surface area (TPSA) is 69.7 Å². The zero-order chi connectivity index (χ0) is 21.2. The van der Waals surface area contributed by atoms with Crippen LogP contribution in [0.2, 0.25) is 5.02 Å². The first-order chi connectivity index (χ1) is 13.8. The van der Waals surface area contributed by atoms with Gasteiger partial charge in [-0.3, -0.25) is 14.5 Å². The summed E-state index contributed by atoms with van der Waals surface area (Å²) in [5.74, 6) is -0.762. The van der Waals surface area contributed by atoms with Crippen molar-refractivity contribution in [2.24, 2.45) is 0 Å². The van der Waals surface area contributed by atoms with Crippen LogP contribution < -0.4 is 5.32 Å². The van der Waals surface area contributed by atoms with Crippen LogP contribution in [0.1, 0.15) is 24.5 Å². The third-order valence-corrected chi connectivity index (χ3v) is 6.15. The Balaban J connectivity index is 1.76. The number of likely N-dealkylation sites (N-methyl/N-ethyl adjacent to an activating group) is 1. The highest BCUT2D eigenvalue weighted by atomic mass is 79.9. The number of carbonyl (C=O) groups is 3. The number of rotatable bonds is 6. The van der Waals surface area contributed by atoms with Crippen LogP contribution >= 0.6 is 27.5 Å². The molecule has 1 heterocycles.